The second-order valence-electron chi connectivity index (χ2n) is 10.2. The van der Waals surface area contributed by atoms with Gasteiger partial charge in [0, 0.05) is 53.6 Å². The summed E-state index contributed by atoms with van der Waals surface area (Å²) in [6.45, 7) is 8.90. The summed E-state index contributed by atoms with van der Waals surface area (Å²) in [6, 6.07) is 36.3. The Morgan fingerprint density at radius 1 is 0.725 bits per heavy atom. The maximum atomic E-state index is 5.94. The van der Waals surface area contributed by atoms with Crippen LogP contribution in [-0.2, 0) is 21.1 Å². The van der Waals surface area contributed by atoms with E-state index in [4.69, 9.17) is 9.72 Å². The van der Waals surface area contributed by atoms with Gasteiger partial charge in [-0.25, -0.2) is 21.1 Å². The second-order valence-corrected chi connectivity index (χ2v) is 10.2. The van der Waals surface area contributed by atoms with E-state index in [1.807, 2.05) is 42.6 Å². The molecule has 0 N–H and O–H groups in total. The maximum absolute atomic E-state index is 5.94. The predicted octanol–water partition coefficient (Wildman–Crippen LogP) is 8.25. The van der Waals surface area contributed by atoms with E-state index in [0.717, 1.165) is 39.1 Å². The van der Waals surface area contributed by atoms with E-state index in [-0.39, 0.29) is 21.1 Å². The molecule has 0 saturated carbocycles. The number of anilines is 1. The van der Waals surface area contributed by atoms with Crippen LogP contribution in [0.3, 0.4) is 0 Å². The number of ether oxygens (including phenoxy) is 1. The Labute approximate surface area is 249 Å². The van der Waals surface area contributed by atoms with E-state index in [9.17, 15) is 0 Å². The topological polar surface area (TPSA) is 43.2 Å². The third-order valence-electron chi connectivity index (χ3n) is 6.86. The van der Waals surface area contributed by atoms with Crippen LogP contribution in [-0.4, -0.2) is 26.6 Å². The molecule has 0 atom stereocenters. The van der Waals surface area contributed by atoms with Gasteiger partial charge in [0.2, 0.25) is 5.88 Å². The van der Waals surface area contributed by atoms with Gasteiger partial charge in [0.1, 0.15) is 5.82 Å². The van der Waals surface area contributed by atoms with Crippen LogP contribution >= 0.6 is 0 Å². The molecule has 5 nitrogen and oxygen atoms in total. The number of aromatic nitrogens is 3. The average Bonchev–Trinajstić information content (AvgIpc) is 3.27. The van der Waals surface area contributed by atoms with Gasteiger partial charge in [-0.2, -0.15) is 24.3 Å². The Morgan fingerprint density at radius 2 is 1.50 bits per heavy atom. The number of nitrogens with zero attached hydrogens (tertiary/aromatic N) is 4. The molecule has 0 spiro atoms. The SMILES string of the molecule is CC(C)N(c1ccnc(-n2c3[c-]c(-c4[c-]c(Oc5ccccn5)ccc4)ccc3c3ccccc32)c1)C(C)C.[Pt+2]. The van der Waals surface area contributed by atoms with E-state index >= 15 is 0 Å². The summed E-state index contributed by atoms with van der Waals surface area (Å²) in [5.41, 5.74) is 5.06. The van der Waals surface area contributed by atoms with Gasteiger partial charge in [-0.1, -0.05) is 29.7 Å². The molecule has 0 aliphatic rings. The first-order valence-corrected chi connectivity index (χ1v) is 13.3. The molecule has 6 rings (SSSR count). The Hall–Kier alpha value is -3.95. The van der Waals surface area contributed by atoms with Crippen molar-refractivity contribution in [2.45, 2.75) is 39.8 Å². The van der Waals surface area contributed by atoms with Crippen LogP contribution in [0.5, 0.6) is 11.6 Å². The normalized spacial score (nSPS) is 11.2. The number of fused-ring (bicyclic) bond motifs is 3. The molecule has 6 aromatic rings. The Kier molecular flexibility index (Phi) is 8.04. The smallest absolute Gasteiger partial charge is 0.460 e. The average molecular weight is 706 g/mol. The molecule has 3 heterocycles. The summed E-state index contributed by atoms with van der Waals surface area (Å²) in [5.74, 6) is 2.01. The molecule has 0 fully saturated rings. The minimum Gasteiger partial charge on any atom is -0.460 e. The van der Waals surface area contributed by atoms with E-state index in [2.05, 4.69) is 103 Å². The zero-order chi connectivity index (χ0) is 26.9. The number of hydrogen-bond acceptors (Lipinski definition) is 4. The number of pyridine rings is 2. The van der Waals surface area contributed by atoms with Crippen LogP contribution in [0.1, 0.15) is 27.7 Å². The van der Waals surface area contributed by atoms with Crippen molar-refractivity contribution < 1.29 is 25.8 Å². The van der Waals surface area contributed by atoms with Crippen LogP contribution in [0.4, 0.5) is 5.69 Å². The van der Waals surface area contributed by atoms with Gasteiger partial charge >= 0.3 is 21.1 Å². The number of para-hydroxylation sites is 1. The minimum atomic E-state index is 0. The molecule has 3 aromatic carbocycles. The fourth-order valence-electron chi connectivity index (χ4n) is 5.36. The zero-order valence-electron chi connectivity index (χ0n) is 22.9. The van der Waals surface area contributed by atoms with Crippen molar-refractivity contribution in [1.82, 2.24) is 14.5 Å². The fraction of sp³-hybridized carbons (Fsp3) is 0.176. The molecule has 0 saturated heterocycles. The summed E-state index contributed by atoms with van der Waals surface area (Å²) < 4.78 is 8.16. The van der Waals surface area contributed by atoms with Gasteiger partial charge in [0.05, 0.1) is 0 Å². The first-order chi connectivity index (χ1) is 19.0. The predicted molar refractivity (Wildman–Crippen MR) is 159 cm³/mol. The third kappa shape index (κ3) is 5.26. The van der Waals surface area contributed by atoms with Gasteiger partial charge < -0.3 is 14.2 Å². The molecular weight excluding hydrogens is 675 g/mol. The van der Waals surface area contributed by atoms with Crippen LogP contribution in [0, 0.1) is 12.1 Å². The fourth-order valence-corrected chi connectivity index (χ4v) is 5.36. The van der Waals surface area contributed by atoms with Crippen molar-refractivity contribution in [2.24, 2.45) is 0 Å². The quantitative estimate of drug-likeness (QED) is 0.157. The van der Waals surface area contributed by atoms with E-state index in [1.165, 1.54) is 5.39 Å². The van der Waals surface area contributed by atoms with Crippen molar-refractivity contribution in [3.8, 4) is 28.6 Å². The van der Waals surface area contributed by atoms with Crippen LogP contribution < -0.4 is 9.64 Å². The van der Waals surface area contributed by atoms with Gasteiger partial charge in [-0.05, 0) is 56.8 Å². The number of benzene rings is 3. The molecule has 40 heavy (non-hydrogen) atoms. The van der Waals surface area contributed by atoms with Crippen molar-refractivity contribution in [3.63, 3.8) is 0 Å². The Morgan fingerprint density at radius 3 is 2.27 bits per heavy atom. The summed E-state index contributed by atoms with van der Waals surface area (Å²) in [4.78, 5) is 11.5. The van der Waals surface area contributed by atoms with Crippen LogP contribution in [0.15, 0.2) is 97.3 Å². The van der Waals surface area contributed by atoms with Gasteiger partial charge in [0.25, 0.3) is 0 Å². The van der Waals surface area contributed by atoms with E-state index in [0.29, 0.717) is 23.7 Å². The Balaban J connectivity index is 0.00000323. The maximum Gasteiger partial charge on any atom is 2.00 e. The summed E-state index contributed by atoms with van der Waals surface area (Å²) in [6.07, 6.45) is 3.61. The number of hydrogen-bond donors (Lipinski definition) is 0. The van der Waals surface area contributed by atoms with Gasteiger partial charge in [-0.15, -0.1) is 18.2 Å². The first-order valence-electron chi connectivity index (χ1n) is 13.3. The molecule has 3 aromatic heterocycles. The standard InChI is InChI=1S/C34H30N4O.Pt/c1-23(2)37(24(3)4)27-17-19-35-33(22-27)38-31-13-6-5-12-29(31)30-16-15-26(21-32(30)38)25-10-9-11-28(20-25)39-34-14-7-8-18-36-34;/h5-19,22-24H,1-4H3;/q-2;+2. The van der Waals surface area contributed by atoms with Crippen molar-refractivity contribution in [2.75, 3.05) is 4.90 Å². The summed E-state index contributed by atoms with van der Waals surface area (Å²) in [5, 5.41) is 2.30. The third-order valence-corrected chi connectivity index (χ3v) is 6.86. The van der Waals surface area contributed by atoms with E-state index in [1.54, 1.807) is 6.20 Å². The molecule has 0 unspecified atom stereocenters. The molecule has 0 bridgehead atoms. The van der Waals surface area contributed by atoms with Crippen molar-refractivity contribution in [1.29, 1.82) is 0 Å². The van der Waals surface area contributed by atoms with Crippen LogP contribution in [0.2, 0.25) is 0 Å². The van der Waals surface area contributed by atoms with Gasteiger partial charge in [0.15, 0.2) is 0 Å². The summed E-state index contributed by atoms with van der Waals surface area (Å²) >= 11 is 0. The van der Waals surface area contributed by atoms with E-state index < -0.39 is 0 Å². The molecule has 0 radical (unpaired) electrons. The molecule has 0 aliphatic carbocycles. The molecule has 202 valence electrons. The van der Waals surface area contributed by atoms with Crippen molar-refractivity contribution >= 4 is 27.5 Å². The Bertz CT molecular complexity index is 1750. The zero-order valence-corrected chi connectivity index (χ0v) is 25.2. The minimum absolute atomic E-state index is 0. The monoisotopic (exact) mass is 705 g/mol. The van der Waals surface area contributed by atoms with Crippen molar-refractivity contribution in [3.05, 3.63) is 109 Å². The number of rotatable bonds is 7. The molecule has 6 heteroatoms. The first kappa shape index (κ1) is 27.6. The second kappa shape index (κ2) is 11.7. The van der Waals surface area contributed by atoms with Crippen LogP contribution in [0.25, 0.3) is 38.8 Å². The molecule has 0 aliphatic heterocycles. The summed E-state index contributed by atoms with van der Waals surface area (Å²) in [7, 11) is 0. The largest absolute Gasteiger partial charge is 2.00 e. The van der Waals surface area contributed by atoms with Gasteiger partial charge in [-0.3, -0.25) is 0 Å². The molecular formula is C34H30N4OPt. The molecule has 0 amide bonds.